The van der Waals surface area contributed by atoms with Crippen LogP contribution in [-0.4, -0.2) is 4.98 Å². The van der Waals surface area contributed by atoms with Crippen LogP contribution in [0.3, 0.4) is 0 Å². The number of furan rings is 1. The summed E-state index contributed by atoms with van der Waals surface area (Å²) in [7, 11) is 0. The molecule has 0 aliphatic heterocycles. The Morgan fingerprint density at radius 1 is 0.367 bits per heavy atom. The molecule has 12 rings (SSSR count). The van der Waals surface area contributed by atoms with Crippen molar-refractivity contribution in [1.82, 2.24) is 4.98 Å². The van der Waals surface area contributed by atoms with E-state index < -0.39 is 0 Å². The molecular weight excluding hydrogens is 769 g/mol. The lowest BCUT2D eigenvalue weighted by Crippen LogP contribution is -2.09. The van der Waals surface area contributed by atoms with Crippen molar-refractivity contribution in [3.05, 3.63) is 206 Å². The van der Waals surface area contributed by atoms with Crippen LogP contribution >= 0.6 is 22.7 Å². The van der Waals surface area contributed by atoms with Crippen LogP contribution < -0.4 is 4.90 Å². The van der Waals surface area contributed by atoms with Gasteiger partial charge in [0.25, 0.3) is 0 Å². The van der Waals surface area contributed by atoms with Gasteiger partial charge in [-0.05, 0) is 106 Å². The van der Waals surface area contributed by atoms with Crippen LogP contribution in [0.4, 0.5) is 17.1 Å². The van der Waals surface area contributed by atoms with Crippen LogP contribution in [-0.2, 0) is 0 Å². The van der Waals surface area contributed by atoms with Gasteiger partial charge in [-0.1, -0.05) is 133 Å². The molecule has 3 nitrogen and oxygen atoms in total. The van der Waals surface area contributed by atoms with Gasteiger partial charge in [-0.3, -0.25) is 0 Å². The first-order valence-corrected chi connectivity index (χ1v) is 21.7. The minimum Gasteiger partial charge on any atom is -0.456 e. The van der Waals surface area contributed by atoms with Gasteiger partial charge in [0.1, 0.15) is 16.2 Å². The molecule has 0 unspecified atom stereocenters. The van der Waals surface area contributed by atoms with Crippen molar-refractivity contribution < 1.29 is 4.42 Å². The molecule has 0 bridgehead atoms. The molecule has 0 aliphatic carbocycles. The van der Waals surface area contributed by atoms with Crippen molar-refractivity contribution in [3.8, 4) is 44.0 Å². The largest absolute Gasteiger partial charge is 0.456 e. The van der Waals surface area contributed by atoms with Crippen LogP contribution in [0.25, 0.3) is 96.3 Å². The predicted molar refractivity (Wildman–Crippen MR) is 256 cm³/mol. The number of thiophene rings is 1. The maximum absolute atomic E-state index is 6.50. The van der Waals surface area contributed by atoms with Gasteiger partial charge in [-0.25, -0.2) is 4.98 Å². The number of thiazole rings is 1. The predicted octanol–water partition coefficient (Wildman–Crippen LogP) is 16.7. The Kier molecular flexibility index (Phi) is 8.22. The van der Waals surface area contributed by atoms with E-state index in [0.717, 1.165) is 70.9 Å². The topological polar surface area (TPSA) is 29.3 Å². The smallest absolute Gasteiger partial charge is 0.137 e. The number of aromatic nitrogens is 1. The fourth-order valence-electron chi connectivity index (χ4n) is 8.63. The van der Waals surface area contributed by atoms with Gasteiger partial charge in [-0.15, -0.1) is 22.7 Å². The second-order valence-corrected chi connectivity index (χ2v) is 17.2. The van der Waals surface area contributed by atoms with Crippen LogP contribution in [0.1, 0.15) is 0 Å². The maximum atomic E-state index is 6.50. The first-order valence-electron chi connectivity index (χ1n) is 20.1. The van der Waals surface area contributed by atoms with Gasteiger partial charge in [0.15, 0.2) is 0 Å². The lowest BCUT2D eigenvalue weighted by Gasteiger charge is -2.26. The molecule has 0 saturated carbocycles. The molecule has 0 atom stereocenters. The van der Waals surface area contributed by atoms with Crippen molar-refractivity contribution in [1.29, 1.82) is 0 Å². The first-order chi connectivity index (χ1) is 29.7. The van der Waals surface area contributed by atoms with Crippen molar-refractivity contribution >= 4 is 92.1 Å². The quantitative estimate of drug-likeness (QED) is 0.161. The number of hydrogen-bond acceptors (Lipinski definition) is 5. The molecule has 282 valence electrons. The minimum atomic E-state index is 0.857. The Bertz CT molecular complexity index is 3510. The summed E-state index contributed by atoms with van der Waals surface area (Å²) in [5, 5.41) is 5.81. The molecule has 0 saturated heterocycles. The fourth-order valence-corrected chi connectivity index (χ4v) is 10.7. The van der Waals surface area contributed by atoms with E-state index in [4.69, 9.17) is 9.40 Å². The molecule has 0 amide bonds. The highest BCUT2D eigenvalue weighted by Gasteiger charge is 2.18. The third kappa shape index (κ3) is 5.90. The summed E-state index contributed by atoms with van der Waals surface area (Å²) in [5.41, 5.74) is 14.2. The van der Waals surface area contributed by atoms with E-state index >= 15 is 0 Å². The first kappa shape index (κ1) is 34.7. The van der Waals surface area contributed by atoms with Crippen molar-refractivity contribution in [2.24, 2.45) is 0 Å². The summed E-state index contributed by atoms with van der Waals surface area (Å²) in [4.78, 5) is 7.45. The molecule has 0 N–H and O–H groups in total. The van der Waals surface area contributed by atoms with Crippen molar-refractivity contribution in [2.75, 3.05) is 4.90 Å². The molecule has 0 spiro atoms. The van der Waals surface area contributed by atoms with E-state index in [1.165, 1.54) is 42.4 Å². The van der Waals surface area contributed by atoms with Crippen molar-refractivity contribution in [3.63, 3.8) is 0 Å². The van der Waals surface area contributed by atoms with Crippen LogP contribution in [0, 0.1) is 0 Å². The number of hydrogen-bond donors (Lipinski definition) is 0. The molecule has 0 aliphatic rings. The van der Waals surface area contributed by atoms with E-state index in [1.54, 1.807) is 11.3 Å². The molecule has 9 aromatic carbocycles. The number of benzene rings is 9. The zero-order chi connectivity index (χ0) is 39.6. The second-order valence-electron chi connectivity index (χ2n) is 15.1. The second kappa shape index (κ2) is 14.2. The van der Waals surface area contributed by atoms with Gasteiger partial charge in [0.2, 0.25) is 0 Å². The number of fused-ring (bicyclic) bond motifs is 8. The monoisotopic (exact) mass is 802 g/mol. The third-order valence-electron chi connectivity index (χ3n) is 11.5. The zero-order valence-corrected chi connectivity index (χ0v) is 33.9. The maximum Gasteiger partial charge on any atom is 0.137 e. The molecule has 5 heteroatoms. The lowest BCUT2D eigenvalue weighted by molar-refractivity contribution is 0.669. The molecule has 3 heterocycles. The standard InChI is InChI=1S/C55H34N2OS2/c1-3-10-35(11-4-1)36-18-25-41(26-19-36)57(43-29-22-38(23-30-43)44-15-9-17-50-52(44)46-14-7-8-16-49(46)59-50)42-27-20-37(21-28-42)40-24-31-45-48(34-40)58-47-32-33-51-54(53(45)47)56-55(60-51)39-12-5-2-6-13-39/h1-34H. The van der Waals surface area contributed by atoms with Gasteiger partial charge >= 0.3 is 0 Å². The van der Waals surface area contributed by atoms with Crippen LogP contribution in [0.5, 0.6) is 0 Å². The van der Waals surface area contributed by atoms with Crippen LogP contribution in [0.2, 0.25) is 0 Å². The summed E-state index contributed by atoms with van der Waals surface area (Å²) < 4.78 is 10.3. The highest BCUT2D eigenvalue weighted by molar-refractivity contribution is 7.26. The Morgan fingerprint density at radius 2 is 0.950 bits per heavy atom. The van der Waals surface area contributed by atoms with E-state index in [0.29, 0.717) is 0 Å². The van der Waals surface area contributed by atoms with E-state index in [9.17, 15) is 0 Å². The zero-order valence-electron chi connectivity index (χ0n) is 32.2. The summed E-state index contributed by atoms with van der Waals surface area (Å²) in [6.45, 7) is 0. The minimum absolute atomic E-state index is 0.857. The molecular formula is C55H34N2OS2. The molecule has 60 heavy (non-hydrogen) atoms. The SMILES string of the molecule is c1ccc(-c2ccc(N(c3ccc(-c4ccc5c(c4)oc4ccc6sc(-c7ccccc7)nc6c45)cc3)c3ccc(-c4cccc5sc6ccccc6c45)cc3)cc2)cc1. The average Bonchev–Trinajstić information content (AvgIpc) is 4.04. The van der Waals surface area contributed by atoms with Crippen molar-refractivity contribution in [2.45, 2.75) is 0 Å². The van der Waals surface area contributed by atoms with Gasteiger partial charge in [-0.2, -0.15) is 0 Å². The lowest BCUT2D eigenvalue weighted by atomic mass is 9.99. The summed E-state index contributed by atoms with van der Waals surface area (Å²) >= 11 is 3.58. The van der Waals surface area contributed by atoms with Crippen LogP contribution in [0.15, 0.2) is 211 Å². The van der Waals surface area contributed by atoms with E-state index in [2.05, 4.69) is 205 Å². The van der Waals surface area contributed by atoms with Gasteiger partial charge < -0.3 is 9.32 Å². The van der Waals surface area contributed by atoms with E-state index in [-0.39, 0.29) is 0 Å². The highest BCUT2D eigenvalue weighted by Crippen LogP contribution is 2.43. The average molecular weight is 803 g/mol. The Balaban J connectivity index is 0.911. The number of nitrogens with zero attached hydrogens (tertiary/aromatic N) is 2. The third-order valence-corrected chi connectivity index (χ3v) is 13.8. The van der Waals surface area contributed by atoms with Gasteiger partial charge in [0, 0.05) is 48.2 Å². The summed E-state index contributed by atoms with van der Waals surface area (Å²) in [5.74, 6) is 0. The fraction of sp³-hybridized carbons (Fsp3) is 0. The highest BCUT2D eigenvalue weighted by atomic mass is 32.1. The molecule has 0 fully saturated rings. The normalized spacial score (nSPS) is 11.7. The number of anilines is 3. The summed E-state index contributed by atoms with van der Waals surface area (Å²) in [6.07, 6.45) is 0. The number of rotatable bonds is 7. The Morgan fingerprint density at radius 3 is 1.67 bits per heavy atom. The molecule has 12 aromatic rings. The molecule has 0 radical (unpaired) electrons. The molecule has 3 aromatic heterocycles. The van der Waals surface area contributed by atoms with E-state index in [1.807, 2.05) is 17.4 Å². The van der Waals surface area contributed by atoms with Gasteiger partial charge in [0.05, 0.1) is 15.6 Å². The Hall–Kier alpha value is -7.31. The summed E-state index contributed by atoms with van der Waals surface area (Å²) in [6, 6.07) is 73.9. The Labute approximate surface area is 354 Å².